The van der Waals surface area contributed by atoms with Crippen molar-refractivity contribution < 1.29 is 38.1 Å². The van der Waals surface area contributed by atoms with Crippen molar-refractivity contribution in [3.05, 3.63) is 0 Å². The number of hydrogen-bond donors (Lipinski definition) is 1. The molecule has 234 valence electrons. The van der Waals surface area contributed by atoms with Crippen LogP contribution in [0.15, 0.2) is 0 Å². The Bertz CT molecular complexity index is 745. The molecule has 0 heterocycles. The first-order valence-corrected chi connectivity index (χ1v) is 16.0. The molecule has 0 radical (unpaired) electrons. The first-order chi connectivity index (χ1) is 18.9. The van der Waals surface area contributed by atoms with Gasteiger partial charge in [0.15, 0.2) is 0 Å². The van der Waals surface area contributed by atoms with Crippen LogP contribution in [0.5, 0.6) is 0 Å². The molecular formula is C30H55NO8S. The lowest BCUT2D eigenvalue weighted by Crippen LogP contribution is -2.32. The van der Waals surface area contributed by atoms with Crippen molar-refractivity contribution >= 4 is 35.8 Å². The van der Waals surface area contributed by atoms with Gasteiger partial charge in [-0.1, -0.05) is 46.5 Å². The van der Waals surface area contributed by atoms with Crippen LogP contribution in [-0.2, 0) is 33.3 Å². The number of unbranched alkanes of at least 4 members (excludes halogenated alkanes) is 4. The van der Waals surface area contributed by atoms with Crippen molar-refractivity contribution in [3.8, 4) is 0 Å². The molecule has 0 saturated carbocycles. The highest BCUT2D eigenvalue weighted by Crippen LogP contribution is 2.32. The van der Waals surface area contributed by atoms with Gasteiger partial charge < -0.3 is 24.3 Å². The van der Waals surface area contributed by atoms with Crippen LogP contribution >= 0.6 is 11.8 Å². The highest BCUT2D eigenvalue weighted by molar-refractivity contribution is 7.99. The second-order valence-corrected chi connectivity index (χ2v) is 12.4. The van der Waals surface area contributed by atoms with Gasteiger partial charge in [-0.2, -0.15) is 11.8 Å². The van der Waals surface area contributed by atoms with Crippen molar-refractivity contribution in [1.82, 2.24) is 5.32 Å². The van der Waals surface area contributed by atoms with Gasteiger partial charge in [-0.05, 0) is 65.0 Å². The Balaban J connectivity index is 4.02. The summed E-state index contributed by atoms with van der Waals surface area (Å²) in [7, 11) is 1.42. The molecule has 0 aromatic carbocycles. The van der Waals surface area contributed by atoms with Gasteiger partial charge in [-0.15, -0.1) is 0 Å². The van der Waals surface area contributed by atoms with E-state index in [1.165, 1.54) is 7.11 Å². The molecule has 0 spiro atoms. The molecular weight excluding hydrogens is 534 g/mol. The molecule has 9 nitrogen and oxygen atoms in total. The summed E-state index contributed by atoms with van der Waals surface area (Å²) in [4.78, 5) is 48.2. The molecule has 40 heavy (non-hydrogen) atoms. The Kier molecular flexibility index (Phi) is 20.7. The van der Waals surface area contributed by atoms with Gasteiger partial charge in [-0.3, -0.25) is 14.4 Å². The molecule has 1 amide bonds. The molecule has 2 unspecified atom stereocenters. The summed E-state index contributed by atoms with van der Waals surface area (Å²) < 4.78 is 20.7. The Hall–Kier alpha value is -1.97. The van der Waals surface area contributed by atoms with E-state index in [0.29, 0.717) is 38.2 Å². The predicted octanol–water partition coefficient (Wildman–Crippen LogP) is 6.31. The van der Waals surface area contributed by atoms with Gasteiger partial charge in [0.1, 0.15) is 6.61 Å². The summed E-state index contributed by atoms with van der Waals surface area (Å²) in [6.45, 7) is 12.6. The largest absolute Gasteiger partial charge is 0.469 e. The second kappa shape index (κ2) is 21.7. The van der Waals surface area contributed by atoms with Gasteiger partial charge >= 0.3 is 24.0 Å². The van der Waals surface area contributed by atoms with E-state index in [-0.39, 0.29) is 37.0 Å². The highest BCUT2D eigenvalue weighted by atomic mass is 32.2. The van der Waals surface area contributed by atoms with Gasteiger partial charge in [-0.25, -0.2) is 4.79 Å². The lowest BCUT2D eigenvalue weighted by molar-refractivity contribution is -0.154. The fraction of sp³-hybridized carbons (Fsp3) is 0.867. The maximum Gasteiger partial charge on any atom is 0.407 e. The number of methoxy groups -OCH3 is 1. The van der Waals surface area contributed by atoms with Crippen LogP contribution < -0.4 is 5.32 Å². The quantitative estimate of drug-likeness (QED) is 0.0830. The molecule has 0 aromatic heterocycles. The zero-order chi connectivity index (χ0) is 30.4. The number of alkyl carbamates (subject to hydrolysis) is 1. The molecule has 1 N–H and O–H groups in total. The Morgan fingerprint density at radius 3 is 2.15 bits per heavy atom. The normalized spacial score (nSPS) is 13.6. The lowest BCUT2D eigenvalue weighted by Gasteiger charge is -2.26. The number of carbonyl (C=O) groups excluding carboxylic acids is 4. The number of esters is 3. The molecule has 0 aromatic rings. The van der Waals surface area contributed by atoms with Crippen molar-refractivity contribution in [2.24, 2.45) is 16.7 Å². The van der Waals surface area contributed by atoms with Crippen LogP contribution in [0.2, 0.25) is 0 Å². The average Bonchev–Trinajstić information content (AvgIpc) is 2.93. The first-order valence-electron chi connectivity index (χ1n) is 14.8. The molecule has 0 aliphatic carbocycles. The van der Waals surface area contributed by atoms with Crippen LogP contribution in [0.3, 0.4) is 0 Å². The molecule has 0 fully saturated rings. The monoisotopic (exact) mass is 589 g/mol. The maximum absolute atomic E-state index is 12.5. The van der Waals surface area contributed by atoms with E-state index in [1.54, 1.807) is 11.8 Å². The van der Waals surface area contributed by atoms with E-state index >= 15 is 0 Å². The van der Waals surface area contributed by atoms with Gasteiger partial charge in [0.25, 0.3) is 0 Å². The molecule has 0 aliphatic rings. The van der Waals surface area contributed by atoms with E-state index in [2.05, 4.69) is 12.2 Å². The summed E-state index contributed by atoms with van der Waals surface area (Å²) in [5, 5.41) is 2.59. The van der Waals surface area contributed by atoms with Crippen LogP contribution in [0.1, 0.15) is 106 Å². The Labute approximate surface area is 246 Å². The van der Waals surface area contributed by atoms with E-state index in [9.17, 15) is 19.2 Å². The smallest absolute Gasteiger partial charge is 0.407 e. The Morgan fingerprint density at radius 1 is 0.825 bits per heavy atom. The minimum Gasteiger partial charge on any atom is -0.469 e. The number of amides is 1. The number of thioether (sulfide) groups is 1. The number of nitrogens with one attached hydrogen (secondary N) is 1. The fourth-order valence-electron chi connectivity index (χ4n) is 3.66. The standard InChI is InChI=1S/C30H55NO8S/c1-8-10-19-37-25(32)24(3)16-15-17-30(6,27(34)36-7)23-40-22-14-12-11-13-20-39-28(35)31-18-21-38-26(33)29(4,5)9-2/h24H,8-23H2,1-7H3,(H,31,35). The van der Waals surface area contributed by atoms with Gasteiger partial charge in [0, 0.05) is 5.75 Å². The minimum atomic E-state index is -0.586. The summed E-state index contributed by atoms with van der Waals surface area (Å²) in [6.07, 6.45) is 7.89. The van der Waals surface area contributed by atoms with Crippen molar-refractivity contribution in [2.45, 2.75) is 106 Å². The topological polar surface area (TPSA) is 117 Å². The summed E-state index contributed by atoms with van der Waals surface area (Å²) in [5.41, 5.74) is -1.11. The molecule has 0 aliphatic heterocycles. The van der Waals surface area contributed by atoms with E-state index in [1.807, 2.05) is 34.6 Å². The minimum absolute atomic E-state index is 0.122. The second-order valence-electron chi connectivity index (χ2n) is 11.3. The number of hydrogen-bond acceptors (Lipinski definition) is 9. The number of carbonyl (C=O) groups is 4. The van der Waals surface area contributed by atoms with E-state index in [0.717, 1.165) is 50.7 Å². The SMILES string of the molecule is CCCCOC(=O)C(C)CCCC(C)(CSCCCCCCOC(=O)NCCOC(=O)C(C)(C)CC)C(=O)OC. The summed E-state index contributed by atoms with van der Waals surface area (Å²) in [5.74, 6) is 0.777. The third-order valence-corrected chi connectivity index (χ3v) is 8.48. The van der Waals surface area contributed by atoms with Gasteiger partial charge in [0.2, 0.25) is 0 Å². The zero-order valence-corrected chi connectivity index (χ0v) is 26.9. The molecule has 0 rings (SSSR count). The fourth-order valence-corrected chi connectivity index (χ4v) is 4.93. The van der Waals surface area contributed by atoms with Crippen molar-refractivity contribution in [1.29, 1.82) is 0 Å². The number of ether oxygens (including phenoxy) is 4. The van der Waals surface area contributed by atoms with E-state index in [4.69, 9.17) is 18.9 Å². The average molecular weight is 590 g/mol. The molecule has 10 heteroatoms. The van der Waals surface area contributed by atoms with Crippen LogP contribution in [0, 0.1) is 16.7 Å². The van der Waals surface area contributed by atoms with Crippen molar-refractivity contribution in [3.63, 3.8) is 0 Å². The van der Waals surface area contributed by atoms with Gasteiger partial charge in [0.05, 0.1) is 43.6 Å². The maximum atomic E-state index is 12.5. The predicted molar refractivity (Wildman–Crippen MR) is 159 cm³/mol. The van der Waals surface area contributed by atoms with Crippen LogP contribution in [0.4, 0.5) is 4.79 Å². The third-order valence-electron chi connectivity index (χ3n) is 7.07. The molecule has 0 bridgehead atoms. The highest BCUT2D eigenvalue weighted by Gasteiger charge is 2.34. The third kappa shape index (κ3) is 17.0. The Morgan fingerprint density at radius 2 is 1.50 bits per heavy atom. The van der Waals surface area contributed by atoms with Crippen LogP contribution in [-0.4, -0.2) is 69.0 Å². The molecule has 2 atom stereocenters. The van der Waals surface area contributed by atoms with E-state index < -0.39 is 16.9 Å². The van der Waals surface area contributed by atoms with Crippen LogP contribution in [0.25, 0.3) is 0 Å². The summed E-state index contributed by atoms with van der Waals surface area (Å²) in [6, 6.07) is 0. The van der Waals surface area contributed by atoms with Crippen molar-refractivity contribution in [2.75, 3.05) is 45.0 Å². The number of rotatable bonds is 23. The lowest BCUT2D eigenvalue weighted by atomic mass is 9.85. The zero-order valence-electron chi connectivity index (χ0n) is 26.1. The summed E-state index contributed by atoms with van der Waals surface area (Å²) >= 11 is 1.74. The first kappa shape index (κ1) is 38.0. The molecule has 0 saturated heterocycles.